The topological polar surface area (TPSA) is 44.9 Å². The highest BCUT2D eigenvalue weighted by atomic mass is 16.5. The summed E-state index contributed by atoms with van der Waals surface area (Å²) < 4.78 is 11.1. The molecule has 0 aliphatic rings. The highest BCUT2D eigenvalue weighted by Gasteiger charge is 2.26. The van der Waals surface area contributed by atoms with Crippen LogP contribution in [0.25, 0.3) is 67.0 Å². The summed E-state index contributed by atoms with van der Waals surface area (Å²) in [6, 6.07) is 51.0. The standard InChI is InChI=1S/C49H40N4O/c1-31-22-23-50-45(28-31)52-43-19-13-12-18-41(43)42-21-20-39(30-44(42)52)54-40-27-33(3)26-38(29-40)53-49(37-16-10-7-11-17-37)47(46-34(4)24-32(2)25-35(46)5)48(51-53)36-14-8-6-9-15-36/h6-30H,1-5H3. The van der Waals surface area contributed by atoms with Gasteiger partial charge in [-0.05, 0) is 105 Å². The molecule has 5 nitrogen and oxygen atoms in total. The van der Waals surface area contributed by atoms with Gasteiger partial charge in [-0.25, -0.2) is 9.67 Å². The minimum Gasteiger partial charge on any atom is -0.457 e. The van der Waals surface area contributed by atoms with Crippen LogP contribution in [-0.2, 0) is 0 Å². The van der Waals surface area contributed by atoms with Crippen LogP contribution in [0.5, 0.6) is 11.5 Å². The summed E-state index contributed by atoms with van der Waals surface area (Å²) in [7, 11) is 0. The Labute approximate surface area is 315 Å². The van der Waals surface area contributed by atoms with Crippen molar-refractivity contribution in [3.05, 3.63) is 180 Å². The number of benzene rings is 6. The molecule has 0 amide bonds. The van der Waals surface area contributed by atoms with Crippen molar-refractivity contribution in [2.24, 2.45) is 0 Å². The summed E-state index contributed by atoms with van der Waals surface area (Å²) in [5, 5.41) is 7.79. The molecule has 0 bridgehead atoms. The Morgan fingerprint density at radius 3 is 1.91 bits per heavy atom. The number of para-hydroxylation sites is 1. The summed E-state index contributed by atoms with van der Waals surface area (Å²) in [5.74, 6) is 2.36. The van der Waals surface area contributed by atoms with Crippen LogP contribution in [0, 0.1) is 34.6 Å². The molecule has 9 aromatic rings. The molecular weight excluding hydrogens is 661 g/mol. The van der Waals surface area contributed by atoms with Gasteiger partial charge in [-0.15, -0.1) is 0 Å². The van der Waals surface area contributed by atoms with E-state index in [4.69, 9.17) is 14.8 Å². The molecule has 5 heteroatoms. The zero-order valence-electron chi connectivity index (χ0n) is 31.1. The monoisotopic (exact) mass is 700 g/mol. The van der Waals surface area contributed by atoms with E-state index < -0.39 is 0 Å². The van der Waals surface area contributed by atoms with Crippen molar-refractivity contribution < 1.29 is 4.74 Å². The molecule has 0 saturated carbocycles. The van der Waals surface area contributed by atoms with E-state index in [0.29, 0.717) is 0 Å². The van der Waals surface area contributed by atoms with E-state index in [1.54, 1.807) is 0 Å². The molecule has 9 rings (SSSR count). The molecule has 0 N–H and O–H groups in total. The highest BCUT2D eigenvalue weighted by Crippen LogP contribution is 2.45. The van der Waals surface area contributed by atoms with Gasteiger partial charge in [0.1, 0.15) is 23.0 Å². The second-order valence-electron chi connectivity index (χ2n) is 14.3. The Kier molecular flexibility index (Phi) is 8.20. The first-order valence-electron chi connectivity index (χ1n) is 18.4. The minimum atomic E-state index is 0.737. The lowest BCUT2D eigenvalue weighted by Crippen LogP contribution is -2.01. The first-order chi connectivity index (χ1) is 26.3. The Bertz CT molecular complexity index is 2820. The molecule has 6 aromatic carbocycles. The van der Waals surface area contributed by atoms with Gasteiger partial charge in [-0.2, -0.15) is 5.10 Å². The average Bonchev–Trinajstić information content (AvgIpc) is 3.71. The van der Waals surface area contributed by atoms with Crippen LogP contribution in [0.3, 0.4) is 0 Å². The molecule has 0 saturated heterocycles. The first kappa shape index (κ1) is 33.1. The van der Waals surface area contributed by atoms with Gasteiger partial charge in [-0.1, -0.05) is 96.6 Å². The largest absolute Gasteiger partial charge is 0.457 e. The number of nitrogens with zero attached hydrogens (tertiary/aromatic N) is 4. The van der Waals surface area contributed by atoms with Crippen LogP contribution in [0.4, 0.5) is 0 Å². The van der Waals surface area contributed by atoms with Crippen molar-refractivity contribution in [1.29, 1.82) is 0 Å². The fourth-order valence-electron chi connectivity index (χ4n) is 8.03. The summed E-state index contributed by atoms with van der Waals surface area (Å²) >= 11 is 0. The van der Waals surface area contributed by atoms with Crippen molar-refractivity contribution >= 4 is 21.8 Å². The Morgan fingerprint density at radius 1 is 0.500 bits per heavy atom. The lowest BCUT2D eigenvalue weighted by Gasteiger charge is -2.16. The third-order valence-corrected chi connectivity index (χ3v) is 10.2. The van der Waals surface area contributed by atoms with Gasteiger partial charge in [0.2, 0.25) is 0 Å². The van der Waals surface area contributed by atoms with Gasteiger partial charge >= 0.3 is 0 Å². The first-order valence-corrected chi connectivity index (χ1v) is 18.4. The van der Waals surface area contributed by atoms with Gasteiger partial charge in [0.25, 0.3) is 0 Å². The molecule has 0 atom stereocenters. The number of hydrogen-bond donors (Lipinski definition) is 0. The second kappa shape index (κ2) is 13.4. The van der Waals surface area contributed by atoms with Crippen molar-refractivity contribution in [3.63, 3.8) is 0 Å². The van der Waals surface area contributed by atoms with Crippen LogP contribution in [-0.4, -0.2) is 19.3 Å². The zero-order valence-corrected chi connectivity index (χ0v) is 31.1. The van der Waals surface area contributed by atoms with Crippen LogP contribution >= 0.6 is 0 Å². The number of fused-ring (bicyclic) bond motifs is 3. The molecule has 3 heterocycles. The van der Waals surface area contributed by atoms with E-state index in [0.717, 1.165) is 78.6 Å². The Balaban J connectivity index is 1.23. The van der Waals surface area contributed by atoms with E-state index in [1.807, 2.05) is 12.3 Å². The Hall–Kier alpha value is -6.72. The van der Waals surface area contributed by atoms with Crippen LogP contribution in [0.1, 0.15) is 27.8 Å². The molecule has 0 aliphatic carbocycles. The molecule has 3 aromatic heterocycles. The van der Waals surface area contributed by atoms with Crippen molar-refractivity contribution in [2.45, 2.75) is 34.6 Å². The highest BCUT2D eigenvalue weighted by molar-refractivity contribution is 6.09. The molecule has 0 unspecified atom stereocenters. The van der Waals surface area contributed by atoms with Crippen molar-refractivity contribution in [3.8, 4) is 56.6 Å². The lowest BCUT2D eigenvalue weighted by molar-refractivity contribution is 0.482. The molecule has 0 spiro atoms. The Morgan fingerprint density at radius 2 is 1.17 bits per heavy atom. The SMILES string of the molecule is Cc1cc(Oc2ccc3c4ccccc4n(-c4cc(C)ccn4)c3c2)cc(-n2nc(-c3ccccc3)c(-c3c(C)cc(C)cc3C)c2-c2ccccc2)c1. The molecule has 262 valence electrons. The quantitative estimate of drug-likeness (QED) is 0.166. The summed E-state index contributed by atoms with van der Waals surface area (Å²) in [5.41, 5.74) is 15.5. The van der Waals surface area contributed by atoms with Crippen molar-refractivity contribution in [1.82, 2.24) is 19.3 Å². The predicted molar refractivity (Wildman–Crippen MR) is 222 cm³/mol. The lowest BCUT2D eigenvalue weighted by atomic mass is 9.89. The smallest absolute Gasteiger partial charge is 0.137 e. The second-order valence-corrected chi connectivity index (χ2v) is 14.3. The molecular formula is C49H40N4O. The third-order valence-electron chi connectivity index (χ3n) is 10.2. The van der Waals surface area contributed by atoms with E-state index in [-0.39, 0.29) is 0 Å². The fourth-order valence-corrected chi connectivity index (χ4v) is 8.03. The van der Waals surface area contributed by atoms with E-state index in [9.17, 15) is 0 Å². The third kappa shape index (κ3) is 5.84. The van der Waals surface area contributed by atoms with Gasteiger partial charge in [0, 0.05) is 45.8 Å². The van der Waals surface area contributed by atoms with E-state index >= 15 is 0 Å². The van der Waals surface area contributed by atoms with Gasteiger partial charge in [0.15, 0.2) is 0 Å². The van der Waals surface area contributed by atoms with Crippen LogP contribution in [0.2, 0.25) is 0 Å². The number of ether oxygens (including phenoxy) is 1. The maximum absolute atomic E-state index is 6.77. The number of aryl methyl sites for hydroxylation is 5. The number of pyridine rings is 1. The average molecular weight is 701 g/mol. The van der Waals surface area contributed by atoms with Gasteiger partial charge < -0.3 is 4.74 Å². The number of rotatable bonds is 7. The molecule has 0 radical (unpaired) electrons. The summed E-state index contributed by atoms with van der Waals surface area (Å²) in [4.78, 5) is 4.77. The zero-order chi connectivity index (χ0) is 36.9. The number of aromatic nitrogens is 4. The molecule has 0 fully saturated rings. The van der Waals surface area contributed by atoms with E-state index in [1.165, 1.54) is 27.6 Å². The maximum atomic E-state index is 6.77. The summed E-state index contributed by atoms with van der Waals surface area (Å²) in [6.45, 7) is 10.8. The van der Waals surface area contributed by atoms with Crippen LogP contribution in [0.15, 0.2) is 152 Å². The van der Waals surface area contributed by atoms with Crippen LogP contribution < -0.4 is 4.74 Å². The summed E-state index contributed by atoms with van der Waals surface area (Å²) in [6.07, 6.45) is 1.87. The molecule has 54 heavy (non-hydrogen) atoms. The fraction of sp³-hybridized carbons (Fsp3) is 0.102. The normalized spacial score (nSPS) is 11.4. The van der Waals surface area contributed by atoms with Crippen molar-refractivity contribution in [2.75, 3.05) is 0 Å². The van der Waals surface area contributed by atoms with Gasteiger partial charge in [-0.3, -0.25) is 4.57 Å². The molecule has 0 aliphatic heterocycles. The maximum Gasteiger partial charge on any atom is 0.137 e. The minimum absolute atomic E-state index is 0.737. The number of hydrogen-bond acceptors (Lipinski definition) is 3. The van der Waals surface area contributed by atoms with E-state index in [2.05, 4.69) is 183 Å². The predicted octanol–water partition coefficient (Wildman–Crippen LogP) is 12.7. The van der Waals surface area contributed by atoms with Gasteiger partial charge in [0.05, 0.1) is 22.4 Å².